The third-order valence-electron chi connectivity index (χ3n) is 4.03. The van der Waals surface area contributed by atoms with Gasteiger partial charge in [-0.2, -0.15) is 18.2 Å². The third kappa shape index (κ3) is 3.13. The molecule has 0 aromatic carbocycles. The molecule has 0 radical (unpaired) electrons. The number of amides is 2. The first-order chi connectivity index (χ1) is 13.1. The first kappa shape index (κ1) is 19.9. The van der Waals surface area contributed by atoms with Crippen LogP contribution in [0.2, 0.25) is 5.02 Å². The van der Waals surface area contributed by atoms with Crippen molar-refractivity contribution in [3.63, 3.8) is 0 Å². The van der Waals surface area contributed by atoms with Crippen molar-refractivity contribution in [2.75, 3.05) is 18.7 Å². The predicted octanol–water partition coefficient (Wildman–Crippen LogP) is 1.41. The van der Waals surface area contributed by atoms with Crippen molar-refractivity contribution in [3.8, 4) is 0 Å². The highest BCUT2D eigenvalue weighted by molar-refractivity contribution is 6.43. The van der Waals surface area contributed by atoms with Crippen LogP contribution in [-0.4, -0.2) is 53.2 Å². The van der Waals surface area contributed by atoms with Crippen LogP contribution in [0.1, 0.15) is 12.5 Å². The second-order valence-electron chi connectivity index (χ2n) is 5.74. The quantitative estimate of drug-likeness (QED) is 0.536. The fourth-order valence-electron chi connectivity index (χ4n) is 2.75. The van der Waals surface area contributed by atoms with Crippen LogP contribution in [-0.2, 0) is 30.1 Å². The number of carbonyl (C=O) groups excluding carboxylic acids is 3. The minimum Gasteiger partial charge on any atom is -0.461 e. The van der Waals surface area contributed by atoms with E-state index in [9.17, 15) is 27.6 Å². The molecule has 28 heavy (non-hydrogen) atoms. The third-order valence-corrected chi connectivity index (χ3v) is 4.31. The topological polar surface area (TPSA) is 101 Å². The Bertz CT molecular complexity index is 891. The fraction of sp³-hybridized carbons (Fsp3) is 0.400. The summed E-state index contributed by atoms with van der Waals surface area (Å²) in [5.74, 6) is -4.27. The zero-order chi connectivity index (χ0) is 20.8. The largest absolute Gasteiger partial charge is 0.461 e. The molecule has 1 fully saturated rings. The number of halogens is 4. The van der Waals surface area contributed by atoms with Gasteiger partial charge in [0.05, 0.1) is 17.2 Å². The Balaban J connectivity index is 1.89. The van der Waals surface area contributed by atoms with Crippen LogP contribution >= 0.6 is 11.6 Å². The van der Waals surface area contributed by atoms with E-state index in [1.54, 1.807) is 6.92 Å². The van der Waals surface area contributed by atoms with E-state index in [1.165, 1.54) is 7.05 Å². The second-order valence-corrected chi connectivity index (χ2v) is 6.15. The van der Waals surface area contributed by atoms with Crippen LogP contribution < -0.4 is 5.01 Å². The van der Waals surface area contributed by atoms with Crippen molar-refractivity contribution in [2.24, 2.45) is 11.1 Å². The van der Waals surface area contributed by atoms with Crippen LogP contribution in [0.25, 0.3) is 0 Å². The maximum absolute atomic E-state index is 12.8. The molecule has 0 aliphatic carbocycles. The Kier molecular flexibility index (Phi) is 4.91. The number of fused-ring (bicyclic) bond motifs is 1. The summed E-state index contributed by atoms with van der Waals surface area (Å²) in [5, 5.41) is 4.49. The number of hydrogen-bond donors (Lipinski definition) is 0. The van der Waals surface area contributed by atoms with Gasteiger partial charge in [0, 0.05) is 13.2 Å². The summed E-state index contributed by atoms with van der Waals surface area (Å²) in [6.45, 7) is 1.57. The number of esters is 1. The van der Waals surface area contributed by atoms with Gasteiger partial charge in [0.1, 0.15) is 5.92 Å². The molecule has 13 heteroatoms. The maximum atomic E-state index is 12.8. The molecule has 9 nitrogen and oxygen atoms in total. The molecule has 0 saturated carbocycles. The molecule has 0 N–H and O–H groups in total. The number of alkyl halides is 3. The van der Waals surface area contributed by atoms with Gasteiger partial charge in [-0.05, 0) is 13.0 Å². The van der Waals surface area contributed by atoms with E-state index in [0.717, 1.165) is 5.01 Å². The number of aromatic nitrogens is 1. The molecule has 0 spiro atoms. The molecular weight excluding hydrogens is 409 g/mol. The van der Waals surface area contributed by atoms with Crippen molar-refractivity contribution in [1.29, 1.82) is 0 Å². The highest BCUT2D eigenvalue weighted by Gasteiger charge is 2.59. The van der Waals surface area contributed by atoms with Crippen molar-refractivity contribution in [1.82, 2.24) is 9.99 Å². The molecule has 1 aromatic rings. The Hall–Kier alpha value is -2.89. The second kappa shape index (κ2) is 6.93. The fourth-order valence-corrected chi connectivity index (χ4v) is 3.04. The van der Waals surface area contributed by atoms with Crippen LogP contribution in [0.4, 0.5) is 19.0 Å². The van der Waals surface area contributed by atoms with E-state index in [0.29, 0.717) is 17.3 Å². The summed E-state index contributed by atoms with van der Waals surface area (Å²) in [6.07, 6.45) is -5.53. The number of ether oxygens (including phenoxy) is 1. The van der Waals surface area contributed by atoms with E-state index in [4.69, 9.17) is 21.2 Å². The number of rotatable bonds is 4. The summed E-state index contributed by atoms with van der Waals surface area (Å²) >= 11 is 5.86. The molecule has 0 unspecified atom stereocenters. The zero-order valence-corrected chi connectivity index (χ0v) is 15.1. The first-order valence-corrected chi connectivity index (χ1v) is 8.20. The average molecular weight is 421 g/mol. The molecule has 2 aliphatic heterocycles. The highest BCUT2D eigenvalue weighted by atomic mass is 35.5. The minimum absolute atomic E-state index is 0.0199. The van der Waals surface area contributed by atoms with Gasteiger partial charge in [-0.25, -0.2) is 9.78 Å². The monoisotopic (exact) mass is 420 g/mol. The number of pyridine rings is 1. The number of hydrazine groups is 1. The Morgan fingerprint density at radius 2 is 2.07 bits per heavy atom. The van der Waals surface area contributed by atoms with Crippen LogP contribution in [0.5, 0.6) is 0 Å². The normalized spacial score (nSPS) is 21.4. The van der Waals surface area contributed by atoms with Gasteiger partial charge < -0.3 is 9.57 Å². The van der Waals surface area contributed by atoms with Gasteiger partial charge in [0.25, 0.3) is 11.8 Å². The lowest BCUT2D eigenvalue weighted by Gasteiger charge is -2.28. The van der Waals surface area contributed by atoms with E-state index >= 15 is 0 Å². The summed E-state index contributed by atoms with van der Waals surface area (Å²) in [7, 11) is 1.21. The van der Waals surface area contributed by atoms with Gasteiger partial charge in [0.2, 0.25) is 6.10 Å². The average Bonchev–Trinajstić information content (AvgIpc) is 3.14. The molecule has 2 amide bonds. The molecule has 2 atom stereocenters. The summed E-state index contributed by atoms with van der Waals surface area (Å²) in [4.78, 5) is 45.7. The minimum atomic E-state index is -4.66. The van der Waals surface area contributed by atoms with Gasteiger partial charge in [-0.15, -0.1) is 0 Å². The summed E-state index contributed by atoms with van der Waals surface area (Å²) < 4.78 is 43.1. The number of imide groups is 1. The standard InChI is InChI=1S/C15H12ClF3N4O5/c1-3-27-14(26)9-8-10(28-21-9)13(25)23(12(8)24)22(2)11-7(16)4-6(5-20-11)15(17,18)19/h4-5,8,10H,3H2,1-2H3/t8-,10-/m1/s1. The zero-order valence-electron chi connectivity index (χ0n) is 14.4. The molecule has 150 valence electrons. The van der Waals surface area contributed by atoms with Crippen LogP contribution in [0, 0.1) is 5.92 Å². The predicted molar refractivity (Wildman–Crippen MR) is 86.9 cm³/mol. The molecule has 1 saturated heterocycles. The molecule has 1 aromatic heterocycles. The number of hydrogen-bond acceptors (Lipinski definition) is 8. The Morgan fingerprint density at radius 3 is 2.64 bits per heavy atom. The molecule has 0 bridgehead atoms. The highest BCUT2D eigenvalue weighted by Crippen LogP contribution is 2.36. The number of nitrogens with zero attached hydrogens (tertiary/aromatic N) is 4. The van der Waals surface area contributed by atoms with Gasteiger partial charge >= 0.3 is 12.1 Å². The number of anilines is 1. The summed E-state index contributed by atoms with van der Waals surface area (Å²) in [5.41, 5.74) is -1.46. The molecule has 2 aliphatic rings. The Morgan fingerprint density at radius 1 is 1.39 bits per heavy atom. The van der Waals surface area contributed by atoms with Crippen LogP contribution in [0.15, 0.2) is 17.4 Å². The lowest BCUT2D eigenvalue weighted by molar-refractivity contribution is -0.143. The van der Waals surface area contributed by atoms with E-state index in [2.05, 4.69) is 10.1 Å². The lowest BCUT2D eigenvalue weighted by atomic mass is 10.00. The molecule has 3 rings (SSSR count). The van der Waals surface area contributed by atoms with Crippen molar-refractivity contribution in [2.45, 2.75) is 19.2 Å². The number of oxime groups is 1. The number of carbonyl (C=O) groups is 3. The lowest BCUT2D eigenvalue weighted by Crippen LogP contribution is -2.46. The van der Waals surface area contributed by atoms with Crippen LogP contribution in [0.3, 0.4) is 0 Å². The van der Waals surface area contributed by atoms with E-state index in [1.807, 2.05) is 0 Å². The van der Waals surface area contributed by atoms with Crippen molar-refractivity contribution < 1.29 is 37.1 Å². The van der Waals surface area contributed by atoms with E-state index < -0.39 is 46.6 Å². The van der Waals surface area contributed by atoms with Gasteiger partial charge in [-0.1, -0.05) is 16.8 Å². The smallest absolute Gasteiger partial charge is 0.417 e. The van der Waals surface area contributed by atoms with Gasteiger partial charge in [-0.3, -0.25) is 14.6 Å². The molecule has 3 heterocycles. The van der Waals surface area contributed by atoms with Crippen molar-refractivity contribution in [3.05, 3.63) is 22.8 Å². The first-order valence-electron chi connectivity index (χ1n) is 7.83. The van der Waals surface area contributed by atoms with Gasteiger partial charge in [0.15, 0.2) is 11.5 Å². The van der Waals surface area contributed by atoms with Crippen molar-refractivity contribution >= 4 is 40.9 Å². The Labute approximate surface area is 160 Å². The summed E-state index contributed by atoms with van der Waals surface area (Å²) in [6, 6.07) is 0.619. The molecular formula is C15H12ClF3N4O5. The SMILES string of the molecule is CCOC(=O)C1=NO[C@H]2C(=O)N(N(C)c3ncc(C(F)(F)F)cc3Cl)C(=O)[C@H]12. The van der Waals surface area contributed by atoms with E-state index in [-0.39, 0.29) is 18.1 Å². The maximum Gasteiger partial charge on any atom is 0.417 e.